The zero-order valence-corrected chi connectivity index (χ0v) is 12.2. The molecule has 2 rings (SSSR count). The molecule has 0 aliphatic carbocycles. The summed E-state index contributed by atoms with van der Waals surface area (Å²) in [6, 6.07) is 6.37. The van der Waals surface area contributed by atoms with E-state index in [1.54, 1.807) is 0 Å². The van der Waals surface area contributed by atoms with Crippen molar-refractivity contribution in [3.63, 3.8) is 0 Å². The summed E-state index contributed by atoms with van der Waals surface area (Å²) in [6.45, 7) is 10.4. The maximum Gasteiger partial charge on any atom is 0.154 e. The lowest BCUT2D eigenvalue weighted by atomic mass is 9.84. The second-order valence-electron chi connectivity index (χ2n) is 6.01. The average molecular weight is 256 g/mol. The number of benzene rings is 1. The number of aromatic nitrogens is 2. The Bertz CT molecular complexity index is 618. The van der Waals surface area contributed by atoms with E-state index < -0.39 is 0 Å². The Morgan fingerprint density at radius 2 is 1.89 bits per heavy atom. The third-order valence-corrected chi connectivity index (χ3v) is 3.47. The maximum atomic E-state index is 11.2. The molecule has 3 heteroatoms. The van der Waals surface area contributed by atoms with Crippen LogP contribution >= 0.6 is 0 Å². The first kappa shape index (κ1) is 13.5. The van der Waals surface area contributed by atoms with Crippen LogP contribution in [0.25, 0.3) is 11.3 Å². The normalized spacial score (nSPS) is 11.6. The Balaban J connectivity index is 2.64. The van der Waals surface area contributed by atoms with Gasteiger partial charge in [0, 0.05) is 11.3 Å². The van der Waals surface area contributed by atoms with Gasteiger partial charge in [-0.1, -0.05) is 32.9 Å². The molecule has 0 aliphatic heterocycles. The molecule has 19 heavy (non-hydrogen) atoms. The zero-order valence-electron chi connectivity index (χ0n) is 12.2. The molecule has 0 spiro atoms. The molecule has 1 aromatic carbocycles. The van der Waals surface area contributed by atoms with E-state index in [1.807, 2.05) is 13.8 Å². The van der Waals surface area contributed by atoms with Gasteiger partial charge in [-0.2, -0.15) is 5.10 Å². The molecule has 100 valence electrons. The van der Waals surface area contributed by atoms with Crippen LogP contribution in [0.2, 0.25) is 0 Å². The van der Waals surface area contributed by atoms with Crippen molar-refractivity contribution < 1.29 is 4.79 Å². The number of carbonyl (C=O) groups excluding carboxylic acids is 1. The minimum Gasteiger partial charge on any atom is -0.298 e. The number of aryl methyl sites for hydroxylation is 2. The van der Waals surface area contributed by atoms with E-state index >= 15 is 0 Å². The Hall–Kier alpha value is -1.90. The van der Waals surface area contributed by atoms with E-state index in [-0.39, 0.29) is 5.41 Å². The lowest BCUT2D eigenvalue weighted by molar-refractivity contribution is 0.112. The SMILES string of the molecule is Cc1ccc(C(C)(C)C)cc1-c1n[nH]c(C)c1C=O. The number of aldehydes is 1. The monoisotopic (exact) mass is 256 g/mol. The van der Waals surface area contributed by atoms with Gasteiger partial charge in [0.1, 0.15) is 5.69 Å². The van der Waals surface area contributed by atoms with Crippen molar-refractivity contribution in [2.45, 2.75) is 40.0 Å². The van der Waals surface area contributed by atoms with Crippen molar-refractivity contribution in [1.29, 1.82) is 0 Å². The Labute approximate surface area is 114 Å². The number of carbonyl (C=O) groups is 1. The molecule has 0 saturated heterocycles. The summed E-state index contributed by atoms with van der Waals surface area (Å²) in [4.78, 5) is 11.2. The minimum absolute atomic E-state index is 0.0785. The fourth-order valence-corrected chi connectivity index (χ4v) is 2.13. The highest BCUT2D eigenvalue weighted by Gasteiger charge is 2.18. The molecule has 2 aromatic rings. The standard InChI is InChI=1S/C16H20N2O/c1-10-6-7-12(16(3,4)5)8-13(10)15-14(9-19)11(2)17-18-15/h6-9H,1-5H3,(H,17,18). The molecule has 0 aliphatic rings. The second kappa shape index (κ2) is 4.65. The van der Waals surface area contributed by atoms with Crippen molar-refractivity contribution in [1.82, 2.24) is 10.2 Å². The third-order valence-electron chi connectivity index (χ3n) is 3.47. The average Bonchev–Trinajstić information content (AvgIpc) is 2.69. The van der Waals surface area contributed by atoms with Crippen LogP contribution in [0.1, 0.15) is 48.0 Å². The van der Waals surface area contributed by atoms with Crippen LogP contribution in [-0.2, 0) is 5.41 Å². The first-order valence-electron chi connectivity index (χ1n) is 6.46. The van der Waals surface area contributed by atoms with Crippen molar-refractivity contribution in [2.24, 2.45) is 0 Å². The molecule has 1 N–H and O–H groups in total. The van der Waals surface area contributed by atoms with Gasteiger partial charge in [0.25, 0.3) is 0 Å². The molecule has 1 heterocycles. The number of aromatic amines is 1. The highest BCUT2D eigenvalue weighted by molar-refractivity contribution is 5.88. The van der Waals surface area contributed by atoms with Gasteiger partial charge in [0.05, 0.1) is 5.56 Å². The van der Waals surface area contributed by atoms with Crippen LogP contribution in [0.3, 0.4) is 0 Å². The first-order chi connectivity index (χ1) is 8.84. The molecule has 0 radical (unpaired) electrons. The molecule has 0 fully saturated rings. The predicted octanol–water partition coefficient (Wildman–Crippen LogP) is 3.80. The fourth-order valence-electron chi connectivity index (χ4n) is 2.13. The topological polar surface area (TPSA) is 45.8 Å². The van der Waals surface area contributed by atoms with Crippen LogP contribution in [0.4, 0.5) is 0 Å². The molecule has 0 atom stereocenters. The second-order valence-corrected chi connectivity index (χ2v) is 6.01. The minimum atomic E-state index is 0.0785. The summed E-state index contributed by atoms with van der Waals surface area (Å²) >= 11 is 0. The van der Waals surface area contributed by atoms with Crippen LogP contribution in [0.5, 0.6) is 0 Å². The number of hydrogen-bond acceptors (Lipinski definition) is 2. The van der Waals surface area contributed by atoms with E-state index in [1.165, 1.54) is 5.56 Å². The first-order valence-corrected chi connectivity index (χ1v) is 6.46. The van der Waals surface area contributed by atoms with Crippen LogP contribution in [0.15, 0.2) is 18.2 Å². The predicted molar refractivity (Wildman–Crippen MR) is 77.6 cm³/mol. The van der Waals surface area contributed by atoms with Gasteiger partial charge >= 0.3 is 0 Å². The zero-order chi connectivity index (χ0) is 14.2. The summed E-state index contributed by atoms with van der Waals surface area (Å²) in [5.41, 5.74) is 5.68. The third kappa shape index (κ3) is 2.46. The largest absolute Gasteiger partial charge is 0.298 e. The summed E-state index contributed by atoms with van der Waals surface area (Å²) < 4.78 is 0. The van der Waals surface area contributed by atoms with E-state index in [0.717, 1.165) is 28.8 Å². The van der Waals surface area contributed by atoms with E-state index in [2.05, 4.69) is 49.2 Å². The van der Waals surface area contributed by atoms with Gasteiger partial charge in [-0.3, -0.25) is 9.89 Å². The number of rotatable bonds is 2. The van der Waals surface area contributed by atoms with Gasteiger partial charge in [-0.25, -0.2) is 0 Å². The van der Waals surface area contributed by atoms with Crippen molar-refractivity contribution in [3.05, 3.63) is 40.6 Å². The summed E-state index contributed by atoms with van der Waals surface area (Å²) in [6.07, 6.45) is 0.872. The highest BCUT2D eigenvalue weighted by Crippen LogP contribution is 2.31. The van der Waals surface area contributed by atoms with E-state index in [9.17, 15) is 4.79 Å². The van der Waals surface area contributed by atoms with Gasteiger partial charge < -0.3 is 0 Å². The van der Waals surface area contributed by atoms with Crippen molar-refractivity contribution in [2.75, 3.05) is 0 Å². The van der Waals surface area contributed by atoms with Gasteiger partial charge in [0.15, 0.2) is 6.29 Å². The van der Waals surface area contributed by atoms with Gasteiger partial charge in [-0.05, 0) is 36.5 Å². The quantitative estimate of drug-likeness (QED) is 0.831. The van der Waals surface area contributed by atoms with Crippen LogP contribution in [-0.4, -0.2) is 16.5 Å². The summed E-state index contributed by atoms with van der Waals surface area (Å²) in [7, 11) is 0. The summed E-state index contributed by atoms with van der Waals surface area (Å²) in [5.74, 6) is 0. The molecule has 0 amide bonds. The highest BCUT2D eigenvalue weighted by atomic mass is 16.1. The Kier molecular flexibility index (Phi) is 3.31. The van der Waals surface area contributed by atoms with Gasteiger partial charge in [0.2, 0.25) is 0 Å². The van der Waals surface area contributed by atoms with Gasteiger partial charge in [-0.15, -0.1) is 0 Å². The van der Waals surface area contributed by atoms with E-state index in [0.29, 0.717) is 5.56 Å². The number of H-pyrrole nitrogens is 1. The fraction of sp³-hybridized carbons (Fsp3) is 0.375. The lowest BCUT2D eigenvalue weighted by Gasteiger charge is -2.20. The van der Waals surface area contributed by atoms with Crippen molar-refractivity contribution >= 4 is 6.29 Å². The van der Waals surface area contributed by atoms with E-state index in [4.69, 9.17) is 0 Å². The van der Waals surface area contributed by atoms with Crippen LogP contribution < -0.4 is 0 Å². The van der Waals surface area contributed by atoms with Crippen molar-refractivity contribution in [3.8, 4) is 11.3 Å². The molecular weight excluding hydrogens is 236 g/mol. The molecular formula is C16H20N2O. The smallest absolute Gasteiger partial charge is 0.154 e. The number of nitrogens with zero attached hydrogens (tertiary/aromatic N) is 1. The van der Waals surface area contributed by atoms with Crippen LogP contribution in [0, 0.1) is 13.8 Å². The number of nitrogens with one attached hydrogen (secondary N) is 1. The molecule has 0 saturated carbocycles. The maximum absolute atomic E-state index is 11.2. The summed E-state index contributed by atoms with van der Waals surface area (Å²) in [5, 5.41) is 7.18. The molecule has 0 unspecified atom stereocenters. The lowest BCUT2D eigenvalue weighted by Crippen LogP contribution is -2.11. The number of hydrogen-bond donors (Lipinski definition) is 1. The molecule has 1 aromatic heterocycles. The Morgan fingerprint density at radius 1 is 1.21 bits per heavy atom. The molecule has 0 bridgehead atoms. The Morgan fingerprint density at radius 3 is 2.47 bits per heavy atom. The molecule has 3 nitrogen and oxygen atoms in total.